The number of aryl methyl sites for hydroxylation is 1. The summed E-state index contributed by atoms with van der Waals surface area (Å²) < 4.78 is 35.2. The van der Waals surface area contributed by atoms with E-state index in [4.69, 9.17) is 4.74 Å². The Balaban J connectivity index is 1.42. The summed E-state index contributed by atoms with van der Waals surface area (Å²) in [5, 5.41) is 14.7. The van der Waals surface area contributed by atoms with E-state index in [1.165, 1.54) is 29.3 Å². The van der Waals surface area contributed by atoms with E-state index in [-0.39, 0.29) is 32.7 Å². The molecular weight excluding hydrogens is 596 g/mol. The highest BCUT2D eigenvalue weighted by molar-refractivity contribution is 7.92. The molecule has 0 aliphatic carbocycles. The van der Waals surface area contributed by atoms with E-state index in [2.05, 4.69) is 69.8 Å². The molecule has 3 N–H and O–H groups in total. The van der Waals surface area contributed by atoms with Gasteiger partial charge in [0.25, 0.3) is 15.9 Å². The van der Waals surface area contributed by atoms with Gasteiger partial charge in [0.1, 0.15) is 11.5 Å². The highest BCUT2D eigenvalue weighted by Crippen LogP contribution is 2.39. The highest BCUT2D eigenvalue weighted by Gasteiger charge is 2.27. The van der Waals surface area contributed by atoms with Crippen molar-refractivity contribution in [2.24, 2.45) is 0 Å². The van der Waals surface area contributed by atoms with Crippen LogP contribution in [0.3, 0.4) is 0 Å². The molecule has 7 nitrogen and oxygen atoms in total. The van der Waals surface area contributed by atoms with Crippen LogP contribution < -0.4 is 14.8 Å². The molecule has 4 aromatic rings. The van der Waals surface area contributed by atoms with Crippen LogP contribution >= 0.6 is 0 Å². The quantitative estimate of drug-likeness (QED) is 0.0942. The van der Waals surface area contributed by atoms with Gasteiger partial charge in [-0.15, -0.1) is 0 Å². The van der Waals surface area contributed by atoms with Gasteiger partial charge in [-0.1, -0.05) is 95.6 Å². The molecule has 0 aliphatic heterocycles. The molecule has 1 amide bonds. The first kappa shape index (κ1) is 34.8. The Bertz CT molecular complexity index is 1790. The van der Waals surface area contributed by atoms with Crippen LogP contribution in [0.1, 0.15) is 94.3 Å². The van der Waals surface area contributed by atoms with Crippen molar-refractivity contribution in [3.8, 4) is 11.5 Å². The van der Waals surface area contributed by atoms with E-state index in [1.807, 2.05) is 6.92 Å². The predicted octanol–water partition coefficient (Wildman–Crippen LogP) is 8.62. The molecule has 8 heteroatoms. The van der Waals surface area contributed by atoms with E-state index in [0.29, 0.717) is 30.3 Å². The maximum absolute atomic E-state index is 13.2. The van der Waals surface area contributed by atoms with E-state index in [0.717, 1.165) is 30.6 Å². The zero-order valence-corrected chi connectivity index (χ0v) is 29.0. The third-order valence-electron chi connectivity index (χ3n) is 9.21. The number of phenols is 1. The maximum Gasteiger partial charge on any atom is 0.261 e. The number of ether oxygens (including phenoxy) is 1. The Kier molecular flexibility index (Phi) is 10.7. The molecule has 246 valence electrons. The first-order chi connectivity index (χ1) is 21.7. The summed E-state index contributed by atoms with van der Waals surface area (Å²) in [5.74, 6) is 0.213. The first-order valence-electron chi connectivity index (χ1n) is 16.1. The summed E-state index contributed by atoms with van der Waals surface area (Å²) in [4.78, 5) is 13.3. The van der Waals surface area contributed by atoms with E-state index >= 15 is 0 Å². The van der Waals surface area contributed by atoms with E-state index < -0.39 is 15.9 Å². The van der Waals surface area contributed by atoms with Crippen LogP contribution in [0.25, 0.3) is 10.8 Å². The third-order valence-corrected chi connectivity index (χ3v) is 10.6. The van der Waals surface area contributed by atoms with Gasteiger partial charge >= 0.3 is 0 Å². The Morgan fingerprint density at radius 3 is 2.15 bits per heavy atom. The van der Waals surface area contributed by atoms with Crippen LogP contribution in [0.2, 0.25) is 0 Å². The Labute approximate surface area is 274 Å². The van der Waals surface area contributed by atoms with Crippen molar-refractivity contribution in [3.63, 3.8) is 0 Å². The number of nitrogens with one attached hydrogen (secondary N) is 2. The van der Waals surface area contributed by atoms with Gasteiger partial charge in [0.05, 0.1) is 22.8 Å². The van der Waals surface area contributed by atoms with Gasteiger partial charge in [-0.05, 0) is 73.3 Å². The molecule has 0 saturated carbocycles. The number of amides is 1. The summed E-state index contributed by atoms with van der Waals surface area (Å²) in [6.45, 7) is 16.2. The zero-order chi connectivity index (χ0) is 33.7. The second kappa shape index (κ2) is 14.2. The minimum Gasteiger partial charge on any atom is -0.506 e. The second-order valence-electron chi connectivity index (χ2n) is 13.3. The van der Waals surface area contributed by atoms with Crippen molar-refractivity contribution in [2.45, 2.75) is 89.9 Å². The number of hydrogen-bond donors (Lipinski definition) is 3. The van der Waals surface area contributed by atoms with Gasteiger partial charge in [-0.3, -0.25) is 9.52 Å². The Morgan fingerprint density at radius 2 is 1.50 bits per heavy atom. The van der Waals surface area contributed by atoms with Gasteiger partial charge in [-0.2, -0.15) is 0 Å². The lowest BCUT2D eigenvalue weighted by Gasteiger charge is -2.30. The van der Waals surface area contributed by atoms with Crippen LogP contribution in [-0.2, 0) is 20.9 Å². The number of rotatable bonds is 14. The largest absolute Gasteiger partial charge is 0.506 e. The lowest BCUT2D eigenvalue weighted by atomic mass is 9.76. The zero-order valence-electron chi connectivity index (χ0n) is 28.2. The number of fused-ring (bicyclic) bond motifs is 1. The van der Waals surface area contributed by atoms with Crippen molar-refractivity contribution < 1.29 is 23.1 Å². The maximum atomic E-state index is 13.2. The van der Waals surface area contributed by atoms with Crippen molar-refractivity contribution in [1.29, 1.82) is 0 Å². The molecule has 0 aliphatic rings. The number of unbranched alkanes of at least 4 members (excludes halogenated alkanes) is 1. The predicted molar refractivity (Wildman–Crippen MR) is 188 cm³/mol. The van der Waals surface area contributed by atoms with Crippen molar-refractivity contribution in [3.05, 3.63) is 95.1 Å². The number of hydrogen-bond acceptors (Lipinski definition) is 5. The average Bonchev–Trinajstić information content (AvgIpc) is 3.04. The molecule has 46 heavy (non-hydrogen) atoms. The molecule has 0 saturated heterocycles. The number of anilines is 1. The fraction of sp³-hybridized carbons (Fsp3) is 0.395. The highest BCUT2D eigenvalue weighted by atomic mass is 32.2. The summed E-state index contributed by atoms with van der Waals surface area (Å²) in [6.07, 6.45) is 3.43. The number of benzene rings is 4. The SMILES string of the molecule is CCC(C)(C)c1ccc(OCCCCNC(=O)c2cc(NS(=O)(=O)c3ccc(C)cc3)c3ccccc3c2O)c(C(C)(C)CC)c1. The van der Waals surface area contributed by atoms with Gasteiger partial charge in [0, 0.05) is 22.9 Å². The monoisotopic (exact) mass is 644 g/mol. The van der Waals surface area contributed by atoms with Crippen LogP contribution in [0.5, 0.6) is 11.5 Å². The fourth-order valence-corrected chi connectivity index (χ4v) is 6.32. The van der Waals surface area contributed by atoms with Gasteiger partial charge < -0.3 is 15.2 Å². The molecule has 0 bridgehead atoms. The summed E-state index contributed by atoms with van der Waals surface area (Å²) in [6, 6.07) is 21.3. The molecule has 0 radical (unpaired) electrons. The molecule has 0 atom stereocenters. The minimum absolute atomic E-state index is 0.00177. The topological polar surface area (TPSA) is 105 Å². The molecular formula is C38H48N2O5S. The van der Waals surface area contributed by atoms with E-state index in [1.54, 1.807) is 36.4 Å². The Hall–Kier alpha value is -4.04. The normalized spacial score (nSPS) is 12.2. The fourth-order valence-electron chi connectivity index (χ4n) is 5.25. The number of aromatic hydroxyl groups is 1. The van der Waals surface area contributed by atoms with Crippen molar-refractivity contribution in [2.75, 3.05) is 17.9 Å². The molecule has 0 spiro atoms. The van der Waals surface area contributed by atoms with Crippen molar-refractivity contribution in [1.82, 2.24) is 5.32 Å². The smallest absolute Gasteiger partial charge is 0.261 e. The number of carbonyl (C=O) groups excluding carboxylic acids is 1. The number of carbonyl (C=O) groups is 1. The minimum atomic E-state index is -3.93. The first-order valence-corrected chi connectivity index (χ1v) is 17.6. The van der Waals surface area contributed by atoms with Crippen LogP contribution in [-0.4, -0.2) is 32.6 Å². The number of sulfonamides is 1. The molecule has 4 rings (SSSR count). The third kappa shape index (κ3) is 7.84. The van der Waals surface area contributed by atoms with Crippen LogP contribution in [0, 0.1) is 6.92 Å². The van der Waals surface area contributed by atoms with Gasteiger partial charge in [0.15, 0.2) is 0 Å². The molecule has 0 fully saturated rings. The molecule has 0 heterocycles. The Morgan fingerprint density at radius 1 is 0.848 bits per heavy atom. The van der Waals surface area contributed by atoms with E-state index in [9.17, 15) is 18.3 Å². The average molecular weight is 645 g/mol. The summed E-state index contributed by atoms with van der Waals surface area (Å²) in [5.41, 5.74) is 3.73. The standard InChI is InChI=1S/C38H48N2O5S/c1-8-37(4,5)27-18-21-34(32(24-27)38(6,7)9-2)45-23-13-12-22-39-36(42)31-25-33(29-14-10-11-15-30(29)35(31)41)40-46(43,44)28-19-16-26(3)17-20-28/h10-11,14-21,24-25,40-41H,8-9,12-13,22-23H2,1-7H3,(H,39,42). The van der Waals surface area contributed by atoms with Crippen molar-refractivity contribution >= 4 is 32.4 Å². The second-order valence-corrected chi connectivity index (χ2v) is 15.0. The molecule has 4 aromatic carbocycles. The van der Waals surface area contributed by atoms with Crippen LogP contribution in [0.4, 0.5) is 5.69 Å². The summed E-state index contributed by atoms with van der Waals surface area (Å²) in [7, 11) is -3.93. The lowest BCUT2D eigenvalue weighted by molar-refractivity contribution is 0.0950. The molecule has 0 aromatic heterocycles. The summed E-state index contributed by atoms with van der Waals surface area (Å²) >= 11 is 0. The lowest BCUT2D eigenvalue weighted by Crippen LogP contribution is -2.25. The number of phenolic OH excluding ortho intramolecular Hbond substituents is 1. The van der Waals surface area contributed by atoms with Gasteiger partial charge in [-0.25, -0.2) is 8.42 Å². The van der Waals surface area contributed by atoms with Gasteiger partial charge in [0.2, 0.25) is 0 Å². The van der Waals surface area contributed by atoms with Crippen LogP contribution in [0.15, 0.2) is 77.7 Å². The molecule has 0 unspecified atom stereocenters.